The zero-order valence-corrected chi connectivity index (χ0v) is 31.3. The first-order valence-electron chi connectivity index (χ1n) is 17.1. The van der Waals surface area contributed by atoms with E-state index in [1.165, 1.54) is 22.3 Å². The van der Waals surface area contributed by atoms with Crippen LogP contribution in [0.25, 0.3) is 44.4 Å². The molecule has 7 rings (SSSR count). The molecule has 0 bridgehead atoms. The molecule has 0 unspecified atom stereocenters. The summed E-state index contributed by atoms with van der Waals surface area (Å²) in [4.78, 5) is 4.75. The monoisotopic (exact) mass is 825 g/mol. The van der Waals surface area contributed by atoms with E-state index in [1.807, 2.05) is 29.2 Å². The van der Waals surface area contributed by atoms with Gasteiger partial charge in [-0.25, -0.2) is 4.98 Å². The number of hydrogen-bond donors (Lipinski definition) is 0. The van der Waals surface area contributed by atoms with E-state index in [0.29, 0.717) is 23.3 Å². The summed E-state index contributed by atoms with van der Waals surface area (Å²) >= 11 is 0. The number of para-hydroxylation sites is 1. The van der Waals surface area contributed by atoms with Gasteiger partial charge in [0, 0.05) is 35.0 Å². The number of ether oxygens (including phenoxy) is 1. The number of nitrogens with zero attached hydrogens (tertiary/aromatic N) is 4. The minimum absolute atomic E-state index is 0. The second-order valence-electron chi connectivity index (χ2n) is 13.6. The second-order valence-corrected chi connectivity index (χ2v) is 13.6. The summed E-state index contributed by atoms with van der Waals surface area (Å²) in [5.41, 5.74) is 10.3. The predicted octanol–water partition coefficient (Wildman–Crippen LogP) is 10.7. The molecule has 5 nitrogen and oxygen atoms in total. The third-order valence-corrected chi connectivity index (χ3v) is 8.81. The fourth-order valence-corrected chi connectivity index (χ4v) is 6.76. The van der Waals surface area contributed by atoms with Crippen molar-refractivity contribution in [2.75, 3.05) is 0 Å². The molecule has 0 aliphatic rings. The molecule has 0 spiro atoms. The molecular formula is C43H42N4OPt. The van der Waals surface area contributed by atoms with Crippen LogP contribution in [0.2, 0.25) is 0 Å². The van der Waals surface area contributed by atoms with Crippen LogP contribution in [-0.4, -0.2) is 19.3 Å². The Morgan fingerprint density at radius 1 is 0.796 bits per heavy atom. The van der Waals surface area contributed by atoms with Crippen molar-refractivity contribution in [1.82, 2.24) is 19.3 Å². The molecule has 7 aromatic rings. The molecular weight excluding hydrogens is 784 g/mol. The minimum Gasteiger partial charge on any atom is -0.509 e. The largest absolute Gasteiger partial charge is 2.00 e. The maximum Gasteiger partial charge on any atom is 2.00 e. The van der Waals surface area contributed by atoms with E-state index >= 15 is 0 Å². The van der Waals surface area contributed by atoms with Crippen LogP contribution in [0, 0.1) is 30.9 Å². The Labute approximate surface area is 304 Å². The molecule has 0 radical (unpaired) electrons. The predicted molar refractivity (Wildman–Crippen MR) is 197 cm³/mol. The third-order valence-electron chi connectivity index (χ3n) is 8.81. The molecule has 49 heavy (non-hydrogen) atoms. The van der Waals surface area contributed by atoms with Gasteiger partial charge in [0.2, 0.25) is 0 Å². The van der Waals surface area contributed by atoms with Crippen molar-refractivity contribution in [3.8, 4) is 34.1 Å². The molecule has 0 saturated carbocycles. The Balaban J connectivity index is 0.00000417. The standard InChI is InChI=1S/C43H42N4O.Pt/c1-7-31-17-18-44-42(23-31)47-40-14-9-8-13-38(40)39-16-15-36(25-41(39)47)48-37-22-30(6)21-35(24-37)46-27-34(26-45-46)43-32(19-28(2)3)11-10-12-33(43)20-29(4)5;/h8-18,21-23,26-29H,7,19-20H2,1-6H3;/q-2;+2. The van der Waals surface area contributed by atoms with E-state index < -0.39 is 0 Å². The van der Waals surface area contributed by atoms with Gasteiger partial charge in [-0.3, -0.25) is 4.68 Å². The van der Waals surface area contributed by atoms with Crippen molar-refractivity contribution >= 4 is 21.8 Å². The molecule has 3 heterocycles. The summed E-state index contributed by atoms with van der Waals surface area (Å²) < 4.78 is 10.6. The molecule has 0 amide bonds. The summed E-state index contributed by atoms with van der Waals surface area (Å²) in [7, 11) is 0. The molecule has 0 fully saturated rings. The average molecular weight is 826 g/mol. The van der Waals surface area contributed by atoms with Gasteiger partial charge in [-0.15, -0.1) is 35.7 Å². The van der Waals surface area contributed by atoms with Crippen LogP contribution in [0.3, 0.4) is 0 Å². The van der Waals surface area contributed by atoms with Gasteiger partial charge in [0.25, 0.3) is 0 Å². The summed E-state index contributed by atoms with van der Waals surface area (Å²) in [6.07, 6.45) is 9.00. The van der Waals surface area contributed by atoms with Crippen LogP contribution in [0.5, 0.6) is 11.5 Å². The Morgan fingerprint density at radius 2 is 1.55 bits per heavy atom. The summed E-state index contributed by atoms with van der Waals surface area (Å²) in [6, 6.07) is 34.6. The van der Waals surface area contributed by atoms with Gasteiger partial charge in [-0.1, -0.05) is 83.5 Å². The number of fused-ring (bicyclic) bond motifs is 3. The molecule has 0 atom stereocenters. The van der Waals surface area contributed by atoms with Gasteiger partial charge >= 0.3 is 21.1 Å². The Bertz CT molecular complexity index is 2210. The quantitative estimate of drug-likeness (QED) is 0.129. The SMILES string of the molecule is CCc1ccnc(-n2c3[c-]c(Oc4[c-]c(-n5cc(-c6c(CC(C)C)cccc6CC(C)C)cn5)cc(C)c4)ccc3c3ccccc32)c1.[Pt+2]. The molecule has 4 aromatic carbocycles. The molecule has 0 saturated heterocycles. The summed E-state index contributed by atoms with van der Waals surface area (Å²) in [6.45, 7) is 13.4. The van der Waals surface area contributed by atoms with Crippen molar-refractivity contribution in [2.24, 2.45) is 11.8 Å². The number of rotatable bonds is 10. The molecule has 3 aromatic heterocycles. The van der Waals surface area contributed by atoms with Crippen molar-refractivity contribution in [1.29, 1.82) is 0 Å². The molecule has 6 heteroatoms. The van der Waals surface area contributed by atoms with E-state index in [9.17, 15) is 0 Å². The van der Waals surface area contributed by atoms with Crippen LogP contribution in [0.15, 0.2) is 97.5 Å². The van der Waals surface area contributed by atoms with Gasteiger partial charge in [0.05, 0.1) is 6.20 Å². The molecule has 0 N–H and O–H groups in total. The van der Waals surface area contributed by atoms with Gasteiger partial charge in [0.15, 0.2) is 0 Å². The summed E-state index contributed by atoms with van der Waals surface area (Å²) in [5, 5.41) is 7.09. The molecule has 0 aliphatic carbocycles. The van der Waals surface area contributed by atoms with E-state index in [2.05, 4.69) is 131 Å². The van der Waals surface area contributed by atoms with Crippen LogP contribution in [0.4, 0.5) is 0 Å². The minimum atomic E-state index is 0. The first-order chi connectivity index (χ1) is 23.3. The fourth-order valence-electron chi connectivity index (χ4n) is 6.76. The van der Waals surface area contributed by atoms with Crippen molar-refractivity contribution in [3.05, 3.63) is 132 Å². The number of pyridine rings is 1. The second kappa shape index (κ2) is 14.6. The first kappa shape index (κ1) is 34.4. The van der Waals surface area contributed by atoms with E-state index in [0.717, 1.165) is 63.7 Å². The van der Waals surface area contributed by atoms with Crippen LogP contribution < -0.4 is 4.74 Å². The van der Waals surface area contributed by atoms with Crippen LogP contribution in [-0.2, 0) is 40.3 Å². The van der Waals surface area contributed by atoms with E-state index in [1.54, 1.807) is 0 Å². The van der Waals surface area contributed by atoms with Gasteiger partial charge in [-0.05, 0) is 82.6 Å². The number of benzene rings is 4. The molecule has 0 aliphatic heterocycles. The van der Waals surface area contributed by atoms with Crippen LogP contribution >= 0.6 is 0 Å². The Hall–Kier alpha value is -4.47. The van der Waals surface area contributed by atoms with Gasteiger partial charge in [-0.2, -0.15) is 16.7 Å². The number of hydrogen-bond acceptors (Lipinski definition) is 3. The summed E-state index contributed by atoms with van der Waals surface area (Å²) in [5.74, 6) is 3.24. The average Bonchev–Trinajstić information content (AvgIpc) is 3.67. The molecule has 250 valence electrons. The van der Waals surface area contributed by atoms with E-state index in [-0.39, 0.29) is 21.1 Å². The smallest absolute Gasteiger partial charge is 0.509 e. The zero-order chi connectivity index (χ0) is 33.4. The normalized spacial score (nSPS) is 11.5. The third kappa shape index (κ3) is 7.14. The fraction of sp³-hybridized carbons (Fsp3) is 0.256. The number of aryl methyl sites for hydroxylation is 2. The van der Waals surface area contributed by atoms with Gasteiger partial charge < -0.3 is 9.30 Å². The van der Waals surface area contributed by atoms with Crippen LogP contribution in [0.1, 0.15) is 56.9 Å². The topological polar surface area (TPSA) is 44.9 Å². The maximum atomic E-state index is 6.49. The Kier molecular flexibility index (Phi) is 10.2. The van der Waals surface area contributed by atoms with Gasteiger partial charge in [0.1, 0.15) is 5.82 Å². The Morgan fingerprint density at radius 3 is 2.29 bits per heavy atom. The maximum absolute atomic E-state index is 6.49. The van der Waals surface area contributed by atoms with Crippen molar-refractivity contribution in [2.45, 2.75) is 60.8 Å². The first-order valence-corrected chi connectivity index (χ1v) is 17.1. The zero-order valence-electron chi connectivity index (χ0n) is 29.0. The van der Waals surface area contributed by atoms with E-state index in [4.69, 9.17) is 14.8 Å². The van der Waals surface area contributed by atoms with Crippen molar-refractivity contribution in [3.63, 3.8) is 0 Å². The number of aromatic nitrogens is 4. The van der Waals surface area contributed by atoms with Crippen molar-refractivity contribution < 1.29 is 25.8 Å².